The summed E-state index contributed by atoms with van der Waals surface area (Å²) in [6.07, 6.45) is 4.62. The smallest absolute Gasteiger partial charge is 0.313 e. The fourth-order valence-electron chi connectivity index (χ4n) is 3.37. The van der Waals surface area contributed by atoms with Gasteiger partial charge in [0.15, 0.2) is 12.8 Å². The van der Waals surface area contributed by atoms with Crippen molar-refractivity contribution in [2.24, 2.45) is 0 Å². The van der Waals surface area contributed by atoms with Gasteiger partial charge in [0, 0.05) is 13.2 Å². The van der Waals surface area contributed by atoms with Gasteiger partial charge in [-0.05, 0) is 31.2 Å². The molecule has 2 aliphatic rings. The third-order valence-corrected chi connectivity index (χ3v) is 4.77. The monoisotopic (exact) mass is 355 g/mol. The molecule has 1 fully saturated rings. The number of aromatic nitrogens is 2. The normalized spacial score (nSPS) is 19.8. The molecule has 2 aliphatic heterocycles. The first-order valence-corrected chi connectivity index (χ1v) is 8.94. The molecule has 7 heteroatoms. The molecule has 1 saturated heterocycles. The maximum absolute atomic E-state index is 12.8. The number of anilines is 1. The fourth-order valence-corrected chi connectivity index (χ4v) is 3.37. The number of hydrogen-bond donors (Lipinski definition) is 0. The Kier molecular flexibility index (Phi) is 4.71. The summed E-state index contributed by atoms with van der Waals surface area (Å²) in [4.78, 5) is 26.7. The maximum Gasteiger partial charge on any atom is 0.313 e. The number of amides is 1. The largest absolute Gasteiger partial charge is 0.476 e. The molecule has 3 heterocycles. The number of carbonyl (C=O) groups excluding carboxylic acids is 1. The van der Waals surface area contributed by atoms with Gasteiger partial charge in [-0.15, -0.1) is 0 Å². The highest BCUT2D eigenvalue weighted by molar-refractivity contribution is 5.97. The Bertz CT molecular complexity index is 844. The Hall–Kier alpha value is -2.67. The molecule has 7 nitrogen and oxygen atoms in total. The van der Waals surface area contributed by atoms with Gasteiger partial charge in [-0.25, -0.2) is 0 Å². The van der Waals surface area contributed by atoms with Crippen LogP contribution in [0, 0.1) is 0 Å². The molecular formula is C19H21N3O4. The second kappa shape index (κ2) is 7.29. The van der Waals surface area contributed by atoms with Gasteiger partial charge >= 0.3 is 5.56 Å². The van der Waals surface area contributed by atoms with Crippen LogP contribution in [0.3, 0.4) is 0 Å². The van der Waals surface area contributed by atoms with Crippen LogP contribution in [0.15, 0.2) is 41.3 Å². The second-order valence-electron chi connectivity index (χ2n) is 6.50. The van der Waals surface area contributed by atoms with E-state index in [1.54, 1.807) is 4.90 Å². The molecular weight excluding hydrogens is 334 g/mol. The van der Waals surface area contributed by atoms with Gasteiger partial charge in [-0.3, -0.25) is 9.59 Å². The molecule has 0 bridgehead atoms. The van der Waals surface area contributed by atoms with E-state index in [0.29, 0.717) is 25.3 Å². The van der Waals surface area contributed by atoms with Gasteiger partial charge in [0.1, 0.15) is 5.69 Å². The van der Waals surface area contributed by atoms with Gasteiger partial charge in [-0.1, -0.05) is 30.3 Å². The van der Waals surface area contributed by atoms with E-state index >= 15 is 0 Å². The first-order valence-electron chi connectivity index (χ1n) is 8.94. The van der Waals surface area contributed by atoms with Crippen molar-refractivity contribution in [1.29, 1.82) is 0 Å². The first kappa shape index (κ1) is 16.8. The SMILES string of the molecule is O=C1COc2c(cnn(C3CCCCO3)c2=O)N1CCc1ccccc1. The number of fused-ring (bicyclic) bond motifs is 1. The number of nitrogens with zero attached hydrogens (tertiary/aromatic N) is 3. The molecule has 26 heavy (non-hydrogen) atoms. The zero-order valence-electron chi connectivity index (χ0n) is 14.5. The summed E-state index contributed by atoms with van der Waals surface area (Å²) in [6.45, 7) is 0.968. The van der Waals surface area contributed by atoms with E-state index in [1.165, 1.54) is 10.9 Å². The molecule has 0 aliphatic carbocycles. The summed E-state index contributed by atoms with van der Waals surface area (Å²) >= 11 is 0. The van der Waals surface area contributed by atoms with E-state index in [0.717, 1.165) is 24.8 Å². The van der Waals surface area contributed by atoms with Gasteiger partial charge in [0.2, 0.25) is 5.75 Å². The lowest BCUT2D eigenvalue weighted by molar-refractivity contribution is -0.121. The molecule has 0 saturated carbocycles. The average Bonchev–Trinajstić information content (AvgIpc) is 2.69. The van der Waals surface area contributed by atoms with Crippen molar-refractivity contribution in [3.63, 3.8) is 0 Å². The van der Waals surface area contributed by atoms with Crippen molar-refractivity contribution in [1.82, 2.24) is 9.78 Å². The summed E-state index contributed by atoms with van der Waals surface area (Å²) in [6, 6.07) is 9.92. The van der Waals surface area contributed by atoms with Gasteiger partial charge in [0.25, 0.3) is 5.91 Å². The highest BCUT2D eigenvalue weighted by Crippen LogP contribution is 2.29. The number of hydrogen-bond acceptors (Lipinski definition) is 5. The van der Waals surface area contributed by atoms with Crippen molar-refractivity contribution in [2.45, 2.75) is 31.9 Å². The zero-order chi connectivity index (χ0) is 17.9. The van der Waals surface area contributed by atoms with Gasteiger partial charge in [-0.2, -0.15) is 9.78 Å². The molecule has 136 valence electrons. The van der Waals surface area contributed by atoms with Crippen molar-refractivity contribution in [2.75, 3.05) is 24.7 Å². The predicted molar refractivity (Wildman–Crippen MR) is 95.3 cm³/mol. The van der Waals surface area contributed by atoms with E-state index in [2.05, 4.69) is 5.10 Å². The van der Waals surface area contributed by atoms with E-state index in [-0.39, 0.29) is 30.1 Å². The first-order chi connectivity index (χ1) is 12.7. The predicted octanol–water partition coefficient (Wildman–Crippen LogP) is 1.91. The summed E-state index contributed by atoms with van der Waals surface area (Å²) in [5.74, 6) is 0.0168. The minimum atomic E-state index is -0.361. The van der Waals surface area contributed by atoms with Crippen molar-refractivity contribution < 1.29 is 14.3 Å². The van der Waals surface area contributed by atoms with Crippen LogP contribution in [0.4, 0.5) is 5.69 Å². The Morgan fingerprint density at radius 1 is 1.15 bits per heavy atom. The van der Waals surface area contributed by atoms with Crippen LogP contribution < -0.4 is 15.2 Å². The minimum absolute atomic E-state index is 0.132. The molecule has 0 spiro atoms. The molecule has 1 aromatic carbocycles. The van der Waals surface area contributed by atoms with E-state index in [1.807, 2.05) is 30.3 Å². The molecule has 1 atom stereocenters. The van der Waals surface area contributed by atoms with Crippen LogP contribution >= 0.6 is 0 Å². The molecule has 4 rings (SSSR count). The van der Waals surface area contributed by atoms with Crippen LogP contribution in [0.1, 0.15) is 31.1 Å². The highest BCUT2D eigenvalue weighted by Gasteiger charge is 2.30. The summed E-state index contributed by atoms with van der Waals surface area (Å²) in [5.41, 5.74) is 1.23. The van der Waals surface area contributed by atoms with Crippen molar-refractivity contribution in [3.05, 3.63) is 52.4 Å². The van der Waals surface area contributed by atoms with Crippen molar-refractivity contribution in [3.8, 4) is 5.75 Å². The lowest BCUT2D eigenvalue weighted by Crippen LogP contribution is -2.43. The summed E-state index contributed by atoms with van der Waals surface area (Å²) in [5, 5.41) is 4.26. The van der Waals surface area contributed by atoms with E-state index in [9.17, 15) is 9.59 Å². The topological polar surface area (TPSA) is 73.7 Å². The Balaban J connectivity index is 1.60. The zero-order valence-corrected chi connectivity index (χ0v) is 14.5. The molecule has 1 unspecified atom stereocenters. The van der Waals surface area contributed by atoms with Gasteiger partial charge < -0.3 is 14.4 Å². The lowest BCUT2D eigenvalue weighted by atomic mass is 10.1. The third kappa shape index (κ3) is 3.22. The molecule has 1 aromatic heterocycles. The molecule has 0 radical (unpaired) electrons. The average molecular weight is 355 g/mol. The van der Waals surface area contributed by atoms with Crippen LogP contribution in [-0.4, -0.2) is 35.4 Å². The standard InChI is InChI=1S/C19H21N3O4/c23-16-13-26-18-15(21(16)10-9-14-6-2-1-3-7-14)12-20-22(19(18)24)17-8-4-5-11-25-17/h1-3,6-7,12,17H,4-5,8-11,13H2. The Labute approximate surface area is 151 Å². The maximum atomic E-state index is 12.8. The van der Waals surface area contributed by atoms with Gasteiger partial charge in [0.05, 0.1) is 6.20 Å². The lowest BCUT2D eigenvalue weighted by Gasteiger charge is -2.30. The van der Waals surface area contributed by atoms with Crippen LogP contribution in [0.5, 0.6) is 5.75 Å². The number of ether oxygens (including phenoxy) is 2. The number of carbonyl (C=O) groups is 1. The summed E-state index contributed by atoms with van der Waals surface area (Å²) < 4.78 is 12.5. The molecule has 1 amide bonds. The van der Waals surface area contributed by atoms with E-state index < -0.39 is 0 Å². The van der Waals surface area contributed by atoms with Crippen LogP contribution in [-0.2, 0) is 16.0 Å². The molecule has 2 aromatic rings. The van der Waals surface area contributed by atoms with Crippen LogP contribution in [0.25, 0.3) is 0 Å². The Morgan fingerprint density at radius 3 is 2.77 bits per heavy atom. The minimum Gasteiger partial charge on any atom is -0.476 e. The number of rotatable bonds is 4. The van der Waals surface area contributed by atoms with Crippen LogP contribution in [0.2, 0.25) is 0 Å². The Morgan fingerprint density at radius 2 is 2.00 bits per heavy atom. The second-order valence-corrected chi connectivity index (χ2v) is 6.50. The molecule has 0 N–H and O–H groups in total. The van der Waals surface area contributed by atoms with Crippen molar-refractivity contribution >= 4 is 11.6 Å². The quantitative estimate of drug-likeness (QED) is 0.838. The third-order valence-electron chi connectivity index (χ3n) is 4.77. The fraction of sp³-hybridized carbons (Fsp3) is 0.421. The highest BCUT2D eigenvalue weighted by atomic mass is 16.5. The number of benzene rings is 1. The summed E-state index contributed by atoms with van der Waals surface area (Å²) in [7, 11) is 0. The van der Waals surface area contributed by atoms with E-state index in [4.69, 9.17) is 9.47 Å².